The number of amides is 2. The van der Waals surface area contributed by atoms with Gasteiger partial charge >= 0.3 is 0 Å². The summed E-state index contributed by atoms with van der Waals surface area (Å²) < 4.78 is 24.1. The van der Waals surface area contributed by atoms with Crippen molar-refractivity contribution in [2.45, 2.75) is 18.1 Å². The number of anilines is 1. The predicted octanol–water partition coefficient (Wildman–Crippen LogP) is 5.70. The van der Waals surface area contributed by atoms with Crippen LogP contribution in [-0.2, 0) is 16.0 Å². The van der Waals surface area contributed by atoms with E-state index >= 15 is 0 Å². The fourth-order valence-corrected chi connectivity index (χ4v) is 5.07. The lowest BCUT2D eigenvalue weighted by Crippen LogP contribution is -2.46. The monoisotopic (exact) mass is 541 g/mol. The maximum absolute atomic E-state index is 13.4. The van der Waals surface area contributed by atoms with Gasteiger partial charge < -0.3 is 14.8 Å². The first-order valence-electron chi connectivity index (χ1n) is 11.4. The van der Waals surface area contributed by atoms with E-state index in [1.165, 1.54) is 36.0 Å². The highest BCUT2D eigenvalue weighted by Crippen LogP contribution is 2.32. The van der Waals surface area contributed by atoms with Crippen LogP contribution in [0.3, 0.4) is 0 Å². The van der Waals surface area contributed by atoms with Crippen molar-refractivity contribution >= 4 is 51.7 Å². The minimum atomic E-state index is -0.692. The number of ether oxygens (including phenoxy) is 2. The van der Waals surface area contributed by atoms with Crippen molar-refractivity contribution in [2.24, 2.45) is 4.99 Å². The highest BCUT2D eigenvalue weighted by molar-refractivity contribution is 8.15. The number of amidine groups is 1. The number of hydrogen-bond acceptors (Lipinski definition) is 6. The van der Waals surface area contributed by atoms with Crippen molar-refractivity contribution < 1.29 is 23.5 Å². The third-order valence-electron chi connectivity index (χ3n) is 5.65. The second-order valence-electron chi connectivity index (χ2n) is 8.17. The highest BCUT2D eigenvalue weighted by atomic mass is 35.5. The minimum absolute atomic E-state index is 0.00539. The molecule has 1 atom stereocenters. The topological polar surface area (TPSA) is 80.2 Å². The first-order valence-corrected chi connectivity index (χ1v) is 12.7. The molecule has 0 unspecified atom stereocenters. The number of thioether (sulfide) groups is 1. The van der Waals surface area contributed by atoms with E-state index in [1.807, 2.05) is 18.2 Å². The van der Waals surface area contributed by atoms with Crippen LogP contribution < -0.4 is 14.8 Å². The summed E-state index contributed by atoms with van der Waals surface area (Å²) in [6, 6.07) is 18.0. The number of benzene rings is 3. The standard InChI is InChI=1S/C27H25ClFN3O4S/c1-35-22-11-6-17(14-23(22)36-2)12-13-32-25(33)16-24(26(34)30-21-5-3-4-18(28)15-21)37-27(32)31-20-9-7-19(29)8-10-20/h3-11,14-15,24H,12-13,16H2,1-2H3,(H,30,34)/t24-/m1/s1. The molecule has 0 spiro atoms. The molecular formula is C27H25ClFN3O4S. The molecule has 3 aromatic rings. The van der Waals surface area contributed by atoms with Crippen LogP contribution in [0.1, 0.15) is 12.0 Å². The number of carbonyl (C=O) groups is 2. The van der Waals surface area contributed by atoms with Gasteiger partial charge in [-0.3, -0.25) is 14.5 Å². The Morgan fingerprint density at radius 3 is 2.57 bits per heavy atom. The summed E-state index contributed by atoms with van der Waals surface area (Å²) in [6.45, 7) is 0.337. The van der Waals surface area contributed by atoms with Crippen LogP contribution in [0.5, 0.6) is 11.5 Å². The summed E-state index contributed by atoms with van der Waals surface area (Å²) in [5.74, 6) is 0.263. The normalized spacial score (nSPS) is 16.5. The van der Waals surface area contributed by atoms with Crippen LogP contribution in [-0.4, -0.2) is 47.9 Å². The Hall–Kier alpha value is -3.56. The zero-order chi connectivity index (χ0) is 26.4. The molecular weight excluding hydrogens is 517 g/mol. The molecule has 1 heterocycles. The lowest BCUT2D eigenvalue weighted by Gasteiger charge is -2.32. The maximum Gasteiger partial charge on any atom is 0.238 e. The number of methoxy groups -OCH3 is 2. The zero-order valence-corrected chi connectivity index (χ0v) is 21.8. The molecule has 192 valence electrons. The molecule has 3 aromatic carbocycles. The van der Waals surface area contributed by atoms with Crippen LogP contribution in [0.4, 0.5) is 15.8 Å². The van der Waals surface area contributed by atoms with E-state index in [4.69, 9.17) is 21.1 Å². The van der Waals surface area contributed by atoms with Gasteiger partial charge in [-0.1, -0.05) is 35.5 Å². The number of halogens is 2. The Labute approximate surface area is 223 Å². The molecule has 0 radical (unpaired) electrons. The van der Waals surface area contributed by atoms with Crippen LogP contribution in [0, 0.1) is 5.82 Å². The van der Waals surface area contributed by atoms with E-state index in [0.29, 0.717) is 46.0 Å². The third-order valence-corrected chi connectivity index (χ3v) is 7.07. The Morgan fingerprint density at radius 2 is 1.86 bits per heavy atom. The smallest absolute Gasteiger partial charge is 0.238 e. The molecule has 37 heavy (non-hydrogen) atoms. The Kier molecular flexibility index (Phi) is 8.68. The van der Waals surface area contributed by atoms with Gasteiger partial charge in [-0.15, -0.1) is 0 Å². The molecule has 0 saturated carbocycles. The molecule has 1 aliphatic rings. The van der Waals surface area contributed by atoms with Gasteiger partial charge in [0.2, 0.25) is 11.8 Å². The molecule has 1 aliphatic heterocycles. The number of nitrogens with one attached hydrogen (secondary N) is 1. The lowest BCUT2D eigenvalue weighted by molar-refractivity contribution is -0.129. The number of nitrogens with zero attached hydrogens (tertiary/aromatic N) is 2. The first-order chi connectivity index (χ1) is 17.9. The van der Waals surface area contributed by atoms with Gasteiger partial charge in [0.25, 0.3) is 0 Å². The molecule has 1 saturated heterocycles. The third kappa shape index (κ3) is 6.81. The highest BCUT2D eigenvalue weighted by Gasteiger charge is 2.36. The second kappa shape index (κ2) is 12.1. The fourth-order valence-electron chi connectivity index (χ4n) is 3.75. The van der Waals surface area contributed by atoms with Crippen LogP contribution in [0.25, 0.3) is 0 Å². The van der Waals surface area contributed by atoms with Gasteiger partial charge in [0.15, 0.2) is 16.7 Å². The summed E-state index contributed by atoms with van der Waals surface area (Å²) in [4.78, 5) is 32.4. The minimum Gasteiger partial charge on any atom is -0.493 e. The molecule has 4 rings (SSSR count). The van der Waals surface area contributed by atoms with Crippen molar-refractivity contribution in [3.63, 3.8) is 0 Å². The largest absolute Gasteiger partial charge is 0.493 e. The summed E-state index contributed by atoms with van der Waals surface area (Å²) in [5.41, 5.74) is 1.96. The molecule has 1 fully saturated rings. The van der Waals surface area contributed by atoms with E-state index in [0.717, 1.165) is 5.56 Å². The number of rotatable bonds is 8. The van der Waals surface area contributed by atoms with Crippen molar-refractivity contribution in [1.29, 1.82) is 0 Å². The van der Waals surface area contributed by atoms with Crippen molar-refractivity contribution in [3.05, 3.63) is 83.1 Å². The molecule has 10 heteroatoms. The molecule has 0 aromatic heterocycles. The van der Waals surface area contributed by atoms with E-state index in [-0.39, 0.29) is 24.1 Å². The average molecular weight is 542 g/mol. The molecule has 0 aliphatic carbocycles. The molecule has 2 amide bonds. The first kappa shape index (κ1) is 26.5. The summed E-state index contributed by atoms with van der Waals surface area (Å²) in [6.07, 6.45) is 0.528. The zero-order valence-electron chi connectivity index (χ0n) is 20.2. The Balaban J connectivity index is 1.55. The van der Waals surface area contributed by atoms with Crippen LogP contribution >= 0.6 is 23.4 Å². The van der Waals surface area contributed by atoms with Crippen molar-refractivity contribution in [2.75, 3.05) is 26.1 Å². The van der Waals surface area contributed by atoms with Gasteiger partial charge in [-0.2, -0.15) is 0 Å². The quantitative estimate of drug-likeness (QED) is 0.396. The molecule has 1 N–H and O–H groups in total. The summed E-state index contributed by atoms with van der Waals surface area (Å²) in [5, 5.41) is 2.98. The SMILES string of the molecule is COc1ccc(CCN2C(=O)C[C@H](C(=O)Nc3cccc(Cl)c3)SC2=Nc2ccc(F)cc2)cc1OC. The van der Waals surface area contributed by atoms with E-state index in [2.05, 4.69) is 10.3 Å². The Bertz CT molecular complexity index is 1320. The summed E-state index contributed by atoms with van der Waals surface area (Å²) >= 11 is 7.22. The Morgan fingerprint density at radius 1 is 1.11 bits per heavy atom. The number of aliphatic imine (C=N–C) groups is 1. The number of hydrogen-bond donors (Lipinski definition) is 1. The van der Waals surface area contributed by atoms with Crippen LogP contribution in [0.15, 0.2) is 71.7 Å². The average Bonchev–Trinajstić information content (AvgIpc) is 2.89. The van der Waals surface area contributed by atoms with Gasteiger partial charge in [0.1, 0.15) is 11.1 Å². The van der Waals surface area contributed by atoms with Gasteiger partial charge in [-0.05, 0) is 66.6 Å². The lowest BCUT2D eigenvalue weighted by atomic mass is 10.1. The van der Waals surface area contributed by atoms with Gasteiger partial charge in [-0.25, -0.2) is 9.38 Å². The maximum atomic E-state index is 13.4. The van der Waals surface area contributed by atoms with Crippen molar-refractivity contribution in [3.8, 4) is 11.5 Å². The molecule has 0 bridgehead atoms. The predicted molar refractivity (Wildman–Crippen MR) is 145 cm³/mol. The van der Waals surface area contributed by atoms with E-state index in [9.17, 15) is 14.0 Å². The number of carbonyl (C=O) groups excluding carboxylic acids is 2. The molecule has 7 nitrogen and oxygen atoms in total. The van der Waals surface area contributed by atoms with E-state index in [1.54, 1.807) is 43.4 Å². The fraction of sp³-hybridized carbons (Fsp3) is 0.222. The van der Waals surface area contributed by atoms with Gasteiger partial charge in [0.05, 0.1) is 19.9 Å². The van der Waals surface area contributed by atoms with Gasteiger partial charge in [0, 0.05) is 23.7 Å². The van der Waals surface area contributed by atoms with Crippen molar-refractivity contribution in [1.82, 2.24) is 4.90 Å². The summed E-state index contributed by atoms with van der Waals surface area (Å²) in [7, 11) is 3.13. The second-order valence-corrected chi connectivity index (χ2v) is 9.77. The van der Waals surface area contributed by atoms with Crippen LogP contribution in [0.2, 0.25) is 5.02 Å². The van der Waals surface area contributed by atoms with E-state index < -0.39 is 5.25 Å².